The van der Waals surface area contributed by atoms with Crippen LogP contribution in [-0.4, -0.2) is 59.3 Å². The van der Waals surface area contributed by atoms with Gasteiger partial charge in [-0.05, 0) is 7.05 Å². The zero-order valence-electron chi connectivity index (χ0n) is 10.3. The molecule has 18 heavy (non-hydrogen) atoms. The first-order valence-electron chi connectivity index (χ1n) is 5.82. The van der Waals surface area contributed by atoms with Gasteiger partial charge in [-0.1, -0.05) is 0 Å². The van der Waals surface area contributed by atoms with Gasteiger partial charge in [0.25, 0.3) is 0 Å². The number of anilines is 1. The molecule has 0 unspecified atom stereocenters. The first-order chi connectivity index (χ1) is 8.54. The lowest BCUT2D eigenvalue weighted by atomic mass is 10.3. The largest absolute Gasteiger partial charge is 0.508 e. The number of hydrogen-bond acceptors (Lipinski definition) is 4. The lowest BCUT2D eigenvalue weighted by Gasteiger charge is -2.32. The van der Waals surface area contributed by atoms with Crippen molar-refractivity contribution in [2.45, 2.75) is 0 Å². The van der Waals surface area contributed by atoms with E-state index >= 15 is 0 Å². The normalized spacial score (nSPS) is 16.6. The summed E-state index contributed by atoms with van der Waals surface area (Å²) in [7, 11) is 2.02. The maximum Gasteiger partial charge on any atom is 0.321 e. The molecule has 0 aliphatic carbocycles. The Morgan fingerprint density at radius 3 is 2.22 bits per heavy atom. The maximum atomic E-state index is 11.9. The molecule has 1 aliphatic rings. The number of piperazine rings is 1. The molecule has 0 saturated carbocycles. The number of phenols is 2. The second kappa shape index (κ2) is 5.14. The fourth-order valence-electron chi connectivity index (χ4n) is 1.88. The van der Waals surface area contributed by atoms with E-state index in [9.17, 15) is 15.0 Å². The number of rotatable bonds is 1. The van der Waals surface area contributed by atoms with E-state index in [1.165, 1.54) is 18.2 Å². The van der Waals surface area contributed by atoms with Crippen LogP contribution in [-0.2, 0) is 0 Å². The molecule has 3 N–H and O–H groups in total. The van der Waals surface area contributed by atoms with Gasteiger partial charge in [0.1, 0.15) is 11.5 Å². The highest BCUT2D eigenvalue weighted by atomic mass is 16.3. The zero-order valence-corrected chi connectivity index (χ0v) is 10.3. The van der Waals surface area contributed by atoms with Crippen LogP contribution in [0.25, 0.3) is 0 Å². The molecule has 0 aromatic heterocycles. The van der Waals surface area contributed by atoms with Crippen molar-refractivity contribution >= 4 is 11.7 Å². The number of urea groups is 1. The van der Waals surface area contributed by atoms with Crippen LogP contribution >= 0.6 is 0 Å². The van der Waals surface area contributed by atoms with Crippen LogP contribution in [0.15, 0.2) is 18.2 Å². The van der Waals surface area contributed by atoms with E-state index in [0.29, 0.717) is 18.8 Å². The van der Waals surface area contributed by atoms with Crippen LogP contribution in [0.1, 0.15) is 0 Å². The number of aromatic hydroxyl groups is 2. The molecule has 1 fully saturated rings. The molecule has 98 valence electrons. The van der Waals surface area contributed by atoms with E-state index in [0.717, 1.165) is 13.1 Å². The van der Waals surface area contributed by atoms with Gasteiger partial charge in [-0.2, -0.15) is 0 Å². The Morgan fingerprint density at radius 1 is 1.11 bits per heavy atom. The number of likely N-dealkylation sites (N-methyl/N-ethyl adjacent to an activating group) is 1. The summed E-state index contributed by atoms with van der Waals surface area (Å²) in [6, 6.07) is 3.79. The van der Waals surface area contributed by atoms with Gasteiger partial charge < -0.3 is 25.3 Å². The summed E-state index contributed by atoms with van der Waals surface area (Å²) in [5.41, 5.74) is 0.386. The van der Waals surface area contributed by atoms with Gasteiger partial charge in [0.05, 0.1) is 0 Å². The number of nitrogens with one attached hydrogen (secondary N) is 1. The number of benzene rings is 1. The predicted molar refractivity (Wildman–Crippen MR) is 67.9 cm³/mol. The number of carbonyl (C=O) groups excluding carboxylic acids is 1. The van der Waals surface area contributed by atoms with E-state index in [1.807, 2.05) is 7.05 Å². The Labute approximate surface area is 105 Å². The van der Waals surface area contributed by atoms with Crippen molar-refractivity contribution in [3.05, 3.63) is 18.2 Å². The fourth-order valence-corrected chi connectivity index (χ4v) is 1.88. The molecule has 1 aromatic rings. The lowest BCUT2D eigenvalue weighted by Crippen LogP contribution is -2.48. The SMILES string of the molecule is CN1CCN(C(=O)Nc2cc(O)cc(O)c2)CC1. The van der Waals surface area contributed by atoms with Crippen molar-refractivity contribution in [3.8, 4) is 11.5 Å². The summed E-state index contributed by atoms with van der Waals surface area (Å²) in [6.45, 7) is 3.04. The number of carbonyl (C=O) groups is 1. The molecule has 6 heteroatoms. The minimum atomic E-state index is -0.215. The quantitative estimate of drug-likeness (QED) is 0.692. The standard InChI is InChI=1S/C12H17N3O3/c1-14-2-4-15(5-3-14)12(18)13-9-6-10(16)8-11(17)7-9/h6-8,16-17H,2-5H2,1H3,(H,13,18). The van der Waals surface area contributed by atoms with Gasteiger partial charge >= 0.3 is 6.03 Å². The third kappa shape index (κ3) is 3.04. The van der Waals surface area contributed by atoms with Crippen LogP contribution in [0.3, 0.4) is 0 Å². The summed E-state index contributed by atoms with van der Waals surface area (Å²) in [6.07, 6.45) is 0. The van der Waals surface area contributed by atoms with Crippen LogP contribution < -0.4 is 5.32 Å². The van der Waals surface area contributed by atoms with Gasteiger partial charge in [-0.15, -0.1) is 0 Å². The van der Waals surface area contributed by atoms with Crippen LogP contribution in [0.2, 0.25) is 0 Å². The Kier molecular flexibility index (Phi) is 3.57. The molecular formula is C12H17N3O3. The van der Waals surface area contributed by atoms with E-state index < -0.39 is 0 Å². The van der Waals surface area contributed by atoms with Crippen molar-refractivity contribution in [1.29, 1.82) is 0 Å². The fraction of sp³-hybridized carbons (Fsp3) is 0.417. The minimum absolute atomic E-state index is 0.0799. The van der Waals surface area contributed by atoms with Crippen LogP contribution in [0.4, 0.5) is 10.5 Å². The molecule has 0 bridgehead atoms. The Balaban J connectivity index is 1.98. The van der Waals surface area contributed by atoms with Gasteiger partial charge in [-0.25, -0.2) is 4.79 Å². The lowest BCUT2D eigenvalue weighted by molar-refractivity contribution is 0.164. The minimum Gasteiger partial charge on any atom is -0.508 e. The van der Waals surface area contributed by atoms with E-state index in [-0.39, 0.29) is 17.5 Å². The molecule has 2 amide bonds. The van der Waals surface area contributed by atoms with Crippen molar-refractivity contribution < 1.29 is 15.0 Å². The number of hydrogen-bond donors (Lipinski definition) is 3. The predicted octanol–water partition coefficient (Wildman–Crippen LogP) is 0.877. The Bertz CT molecular complexity index is 422. The van der Waals surface area contributed by atoms with Gasteiger partial charge in [-0.3, -0.25) is 0 Å². The average molecular weight is 251 g/mol. The molecular weight excluding hydrogens is 234 g/mol. The molecule has 0 radical (unpaired) electrons. The van der Waals surface area contributed by atoms with E-state index in [1.54, 1.807) is 4.90 Å². The Morgan fingerprint density at radius 2 is 1.67 bits per heavy atom. The van der Waals surface area contributed by atoms with Crippen molar-refractivity contribution in [3.63, 3.8) is 0 Å². The van der Waals surface area contributed by atoms with Crippen molar-refractivity contribution in [2.24, 2.45) is 0 Å². The molecule has 0 atom stereocenters. The maximum absolute atomic E-state index is 11.9. The smallest absolute Gasteiger partial charge is 0.321 e. The summed E-state index contributed by atoms with van der Waals surface area (Å²) in [4.78, 5) is 15.8. The highest BCUT2D eigenvalue weighted by Crippen LogP contribution is 2.24. The summed E-state index contributed by atoms with van der Waals surface area (Å²) in [5.74, 6) is -0.160. The Hall–Kier alpha value is -1.95. The zero-order chi connectivity index (χ0) is 13.1. The molecule has 0 spiro atoms. The first kappa shape index (κ1) is 12.5. The molecule has 1 aromatic carbocycles. The van der Waals surface area contributed by atoms with Gasteiger partial charge in [0, 0.05) is 50.1 Å². The number of amides is 2. The second-order valence-electron chi connectivity index (χ2n) is 4.46. The molecule has 1 heterocycles. The molecule has 6 nitrogen and oxygen atoms in total. The first-order valence-corrected chi connectivity index (χ1v) is 5.82. The third-order valence-corrected chi connectivity index (χ3v) is 2.94. The highest BCUT2D eigenvalue weighted by molar-refractivity contribution is 5.89. The number of phenolic OH excluding ortho intramolecular Hbond substituents is 2. The van der Waals surface area contributed by atoms with E-state index in [4.69, 9.17) is 0 Å². The highest BCUT2D eigenvalue weighted by Gasteiger charge is 2.19. The molecule has 2 rings (SSSR count). The van der Waals surface area contributed by atoms with Gasteiger partial charge in [0.15, 0.2) is 0 Å². The molecule has 1 saturated heterocycles. The third-order valence-electron chi connectivity index (χ3n) is 2.94. The van der Waals surface area contributed by atoms with Crippen LogP contribution in [0.5, 0.6) is 11.5 Å². The van der Waals surface area contributed by atoms with E-state index in [2.05, 4.69) is 10.2 Å². The molecule has 1 aliphatic heterocycles. The summed E-state index contributed by atoms with van der Waals surface area (Å²) in [5, 5.41) is 21.3. The monoisotopic (exact) mass is 251 g/mol. The number of nitrogens with zero attached hydrogens (tertiary/aromatic N) is 2. The van der Waals surface area contributed by atoms with Crippen LogP contribution in [0, 0.1) is 0 Å². The van der Waals surface area contributed by atoms with Crippen molar-refractivity contribution in [1.82, 2.24) is 9.80 Å². The summed E-state index contributed by atoms with van der Waals surface area (Å²) >= 11 is 0. The second-order valence-corrected chi connectivity index (χ2v) is 4.46. The topological polar surface area (TPSA) is 76.0 Å². The van der Waals surface area contributed by atoms with Crippen molar-refractivity contribution in [2.75, 3.05) is 38.5 Å². The average Bonchev–Trinajstić information content (AvgIpc) is 2.28. The summed E-state index contributed by atoms with van der Waals surface area (Å²) < 4.78 is 0. The van der Waals surface area contributed by atoms with Gasteiger partial charge in [0.2, 0.25) is 0 Å².